The van der Waals surface area contributed by atoms with Crippen molar-refractivity contribution >= 4 is 24.1 Å². The minimum absolute atomic E-state index is 0. The van der Waals surface area contributed by atoms with E-state index < -0.39 is 0 Å². The molecule has 1 unspecified atom stereocenters. The van der Waals surface area contributed by atoms with E-state index in [4.69, 9.17) is 5.73 Å². The van der Waals surface area contributed by atoms with Crippen LogP contribution in [0.4, 0.5) is 0 Å². The minimum Gasteiger partial charge on any atom is -0.349 e. The van der Waals surface area contributed by atoms with Crippen LogP contribution in [-0.2, 0) is 4.79 Å². The topological polar surface area (TPSA) is 72.2 Å². The number of aryl methyl sites for hydroxylation is 1. The summed E-state index contributed by atoms with van der Waals surface area (Å²) >= 11 is 0. The van der Waals surface area contributed by atoms with Gasteiger partial charge in [-0.15, -0.1) is 12.4 Å². The molecule has 0 saturated heterocycles. The maximum atomic E-state index is 12.0. The summed E-state index contributed by atoms with van der Waals surface area (Å²) < 4.78 is 0. The molecule has 1 aliphatic carbocycles. The largest absolute Gasteiger partial charge is 0.349 e. The van der Waals surface area contributed by atoms with Crippen LogP contribution in [0, 0.1) is 12.8 Å². The molecular weight excluding hydrogens is 300 g/mol. The van der Waals surface area contributed by atoms with E-state index in [1.165, 1.54) is 0 Å². The molecule has 1 saturated carbocycles. The average Bonchev–Trinajstić information content (AvgIpc) is 3.30. The fraction of sp³-hybridized carbons (Fsp3) is 0.529. The van der Waals surface area contributed by atoms with Crippen molar-refractivity contribution in [2.24, 2.45) is 11.7 Å². The maximum absolute atomic E-state index is 12.0. The van der Waals surface area contributed by atoms with Gasteiger partial charge in [0.1, 0.15) is 0 Å². The Hall–Kier alpha value is -1.39. The zero-order valence-electron chi connectivity index (χ0n) is 13.2. The first kappa shape index (κ1) is 18.7. The quantitative estimate of drug-likeness (QED) is 0.757. The van der Waals surface area contributed by atoms with Crippen LogP contribution in [0.5, 0.6) is 0 Å². The molecule has 1 aliphatic rings. The smallest absolute Gasteiger partial charge is 0.220 e. The second-order valence-corrected chi connectivity index (χ2v) is 6.23. The van der Waals surface area contributed by atoms with Gasteiger partial charge in [-0.2, -0.15) is 0 Å². The Morgan fingerprint density at radius 2 is 1.82 bits per heavy atom. The third-order valence-electron chi connectivity index (χ3n) is 4.28. The highest BCUT2D eigenvalue weighted by molar-refractivity contribution is 5.98. The average molecular weight is 325 g/mol. The van der Waals surface area contributed by atoms with Crippen LogP contribution in [0.25, 0.3) is 0 Å². The van der Waals surface area contributed by atoms with E-state index >= 15 is 0 Å². The number of Topliss-reactive ketones (excluding diaryl/α,β-unsaturated/α-hetero) is 1. The summed E-state index contributed by atoms with van der Waals surface area (Å²) in [5.41, 5.74) is 7.24. The maximum Gasteiger partial charge on any atom is 0.220 e. The lowest BCUT2D eigenvalue weighted by Gasteiger charge is -2.29. The Labute approximate surface area is 138 Å². The lowest BCUT2D eigenvalue weighted by atomic mass is 9.95. The Kier molecular flexibility index (Phi) is 6.57. The number of benzene rings is 1. The van der Waals surface area contributed by atoms with Gasteiger partial charge < -0.3 is 11.1 Å². The number of halogens is 1. The minimum atomic E-state index is -0.315. The van der Waals surface area contributed by atoms with E-state index in [0.29, 0.717) is 18.0 Å². The van der Waals surface area contributed by atoms with E-state index in [1.807, 2.05) is 38.1 Å². The fourth-order valence-corrected chi connectivity index (χ4v) is 2.53. The van der Waals surface area contributed by atoms with Gasteiger partial charge in [0.05, 0.1) is 5.54 Å². The number of hydrogen-bond acceptors (Lipinski definition) is 3. The molecule has 1 atom stereocenters. The summed E-state index contributed by atoms with van der Waals surface area (Å²) in [5, 5.41) is 3.00. The second-order valence-electron chi connectivity index (χ2n) is 6.23. The van der Waals surface area contributed by atoms with Crippen molar-refractivity contribution in [3.8, 4) is 0 Å². The molecule has 1 aromatic rings. The first-order valence-electron chi connectivity index (χ1n) is 7.55. The van der Waals surface area contributed by atoms with Crippen LogP contribution in [-0.4, -0.2) is 23.8 Å². The second kappa shape index (κ2) is 7.75. The number of hydrogen-bond donors (Lipinski definition) is 2. The van der Waals surface area contributed by atoms with Crippen molar-refractivity contribution in [1.29, 1.82) is 0 Å². The van der Waals surface area contributed by atoms with Gasteiger partial charge in [-0.25, -0.2) is 0 Å². The van der Waals surface area contributed by atoms with Crippen molar-refractivity contribution in [3.05, 3.63) is 35.4 Å². The first-order valence-corrected chi connectivity index (χ1v) is 7.55. The number of nitrogens with two attached hydrogens (primary N) is 1. The number of rotatable bonds is 7. The molecule has 1 fully saturated rings. The Morgan fingerprint density at radius 1 is 1.23 bits per heavy atom. The molecule has 4 nitrogen and oxygen atoms in total. The summed E-state index contributed by atoms with van der Waals surface area (Å²) in [5.74, 6) is 0.403. The van der Waals surface area contributed by atoms with E-state index in [-0.39, 0.29) is 42.5 Å². The number of ketones is 1. The van der Waals surface area contributed by atoms with Gasteiger partial charge in [-0.05, 0) is 32.6 Å². The Balaban J connectivity index is 0.00000242. The summed E-state index contributed by atoms with van der Waals surface area (Å²) in [6, 6.07) is 7.44. The first-order chi connectivity index (χ1) is 9.94. The number of carbonyl (C=O) groups excluding carboxylic acids is 2. The highest BCUT2D eigenvalue weighted by atomic mass is 35.5. The molecule has 5 heteroatoms. The van der Waals surface area contributed by atoms with Gasteiger partial charge in [0.15, 0.2) is 5.78 Å². The monoisotopic (exact) mass is 324 g/mol. The van der Waals surface area contributed by atoms with Gasteiger partial charge in [0.25, 0.3) is 0 Å². The normalized spacial score (nSPS) is 16.3. The van der Waals surface area contributed by atoms with E-state index in [1.54, 1.807) is 0 Å². The summed E-state index contributed by atoms with van der Waals surface area (Å²) in [4.78, 5) is 24.1. The van der Waals surface area contributed by atoms with E-state index in [0.717, 1.165) is 18.4 Å². The van der Waals surface area contributed by atoms with Gasteiger partial charge in [-0.1, -0.05) is 29.8 Å². The van der Waals surface area contributed by atoms with E-state index in [9.17, 15) is 9.59 Å². The molecule has 0 aromatic heterocycles. The third-order valence-corrected chi connectivity index (χ3v) is 4.28. The number of amides is 1. The molecule has 3 N–H and O–H groups in total. The van der Waals surface area contributed by atoms with Gasteiger partial charge in [0.2, 0.25) is 5.91 Å². The van der Waals surface area contributed by atoms with Gasteiger partial charge >= 0.3 is 0 Å². The third kappa shape index (κ3) is 4.82. The van der Waals surface area contributed by atoms with Crippen LogP contribution in [0.2, 0.25) is 0 Å². The lowest BCUT2D eigenvalue weighted by molar-refractivity contribution is -0.123. The van der Waals surface area contributed by atoms with Crippen LogP contribution < -0.4 is 11.1 Å². The highest BCUT2D eigenvalue weighted by Crippen LogP contribution is 2.39. The van der Waals surface area contributed by atoms with Crippen molar-refractivity contribution in [2.75, 3.05) is 6.54 Å². The highest BCUT2D eigenvalue weighted by Gasteiger charge is 2.41. The summed E-state index contributed by atoms with van der Waals surface area (Å²) in [7, 11) is 0. The molecular formula is C17H25ClN2O2. The molecule has 0 aliphatic heterocycles. The summed E-state index contributed by atoms with van der Waals surface area (Å²) in [6.45, 7) is 4.41. The van der Waals surface area contributed by atoms with Crippen LogP contribution >= 0.6 is 12.4 Å². The Morgan fingerprint density at radius 3 is 2.32 bits per heavy atom. The number of nitrogens with one attached hydrogen (secondary N) is 1. The fourth-order valence-electron chi connectivity index (χ4n) is 2.53. The van der Waals surface area contributed by atoms with Crippen molar-refractivity contribution in [1.82, 2.24) is 5.32 Å². The van der Waals surface area contributed by atoms with E-state index in [2.05, 4.69) is 5.32 Å². The van der Waals surface area contributed by atoms with Crippen molar-refractivity contribution in [3.63, 3.8) is 0 Å². The standard InChI is InChI=1S/C17H24N2O2.ClH/c1-12-3-5-13(6-4-12)15(20)9-10-16(21)19-17(2,11-18)14-7-8-14;/h3-6,14H,7-11,18H2,1-2H3,(H,19,21);1H. The van der Waals surface area contributed by atoms with Crippen molar-refractivity contribution < 1.29 is 9.59 Å². The van der Waals surface area contributed by atoms with Gasteiger partial charge in [0, 0.05) is 24.9 Å². The molecule has 2 rings (SSSR count). The van der Waals surface area contributed by atoms with Crippen LogP contribution in [0.3, 0.4) is 0 Å². The predicted molar refractivity (Wildman–Crippen MR) is 90.3 cm³/mol. The molecule has 122 valence electrons. The molecule has 22 heavy (non-hydrogen) atoms. The van der Waals surface area contributed by atoms with Crippen molar-refractivity contribution in [2.45, 2.75) is 45.1 Å². The predicted octanol–water partition coefficient (Wildman–Crippen LogP) is 2.62. The Bertz CT molecular complexity index is 526. The molecule has 0 heterocycles. The molecule has 0 radical (unpaired) electrons. The molecule has 0 spiro atoms. The molecule has 0 bridgehead atoms. The zero-order chi connectivity index (χ0) is 15.5. The number of carbonyl (C=O) groups is 2. The van der Waals surface area contributed by atoms with Crippen LogP contribution in [0.1, 0.15) is 48.5 Å². The summed E-state index contributed by atoms with van der Waals surface area (Å²) in [6.07, 6.45) is 2.70. The molecule has 1 amide bonds. The molecule has 1 aromatic carbocycles. The lowest BCUT2D eigenvalue weighted by Crippen LogP contribution is -2.53. The SMILES string of the molecule is Cc1ccc(C(=O)CCC(=O)NC(C)(CN)C2CC2)cc1.Cl. The zero-order valence-corrected chi connectivity index (χ0v) is 14.0. The van der Waals surface area contributed by atoms with Gasteiger partial charge in [-0.3, -0.25) is 9.59 Å². The van der Waals surface area contributed by atoms with Crippen LogP contribution in [0.15, 0.2) is 24.3 Å².